The summed E-state index contributed by atoms with van der Waals surface area (Å²) in [4.78, 5) is 8.76. The first kappa shape index (κ1) is 12.4. The average molecular weight is 317 g/mol. The third-order valence-corrected chi connectivity index (χ3v) is 4.26. The van der Waals surface area contributed by atoms with Gasteiger partial charge < -0.3 is 4.74 Å². The van der Waals surface area contributed by atoms with Crippen LogP contribution in [0, 0.1) is 0 Å². The van der Waals surface area contributed by atoms with Gasteiger partial charge in [0.05, 0.1) is 5.69 Å². The van der Waals surface area contributed by atoms with Crippen molar-refractivity contribution >= 4 is 27.5 Å². The largest absolute Gasteiger partial charge is 0.465 e. The number of nitrogens with zero attached hydrogens (tertiary/aromatic N) is 2. The third-order valence-electron chi connectivity index (χ3n) is 3.19. The lowest BCUT2D eigenvalue weighted by Crippen LogP contribution is -2.34. The molecule has 4 heteroatoms. The number of alkyl halides is 1. The van der Waals surface area contributed by atoms with Gasteiger partial charge in [0.25, 0.3) is 0 Å². The Morgan fingerprint density at radius 1 is 1.21 bits per heavy atom. The van der Waals surface area contributed by atoms with E-state index < -0.39 is 5.60 Å². The van der Waals surface area contributed by atoms with Gasteiger partial charge in [-0.3, -0.25) is 4.98 Å². The SMILES string of the molecule is C[C@@]1(CBr)OC(c2ccccc2)=Nc2ccncc21. The predicted octanol–water partition coefficient (Wildman–Crippen LogP) is 3.80. The topological polar surface area (TPSA) is 34.5 Å². The van der Waals surface area contributed by atoms with Gasteiger partial charge in [0, 0.05) is 28.9 Å². The molecule has 0 aliphatic carbocycles. The Balaban J connectivity index is 2.14. The second-order valence-electron chi connectivity index (χ2n) is 4.64. The Hall–Kier alpha value is -1.68. The van der Waals surface area contributed by atoms with E-state index in [9.17, 15) is 0 Å². The number of aliphatic imine (C=N–C) groups is 1. The van der Waals surface area contributed by atoms with Gasteiger partial charge in [-0.25, -0.2) is 4.99 Å². The van der Waals surface area contributed by atoms with Gasteiger partial charge in [0.15, 0.2) is 0 Å². The second kappa shape index (κ2) is 4.78. The van der Waals surface area contributed by atoms with E-state index in [0.717, 1.165) is 16.8 Å². The summed E-state index contributed by atoms with van der Waals surface area (Å²) >= 11 is 3.53. The lowest BCUT2D eigenvalue weighted by molar-refractivity contribution is 0.0976. The molecule has 1 aromatic carbocycles. The summed E-state index contributed by atoms with van der Waals surface area (Å²) in [5.74, 6) is 0.654. The molecular formula is C15H13BrN2O. The van der Waals surface area contributed by atoms with E-state index in [1.54, 1.807) is 6.20 Å². The Bertz CT molecular complexity index is 627. The van der Waals surface area contributed by atoms with Crippen LogP contribution in [0.3, 0.4) is 0 Å². The van der Waals surface area contributed by atoms with Crippen LogP contribution in [0.4, 0.5) is 5.69 Å². The number of hydrogen-bond donors (Lipinski definition) is 0. The summed E-state index contributed by atoms with van der Waals surface area (Å²) in [5.41, 5.74) is 2.46. The van der Waals surface area contributed by atoms with E-state index in [1.165, 1.54) is 0 Å². The van der Waals surface area contributed by atoms with Crippen LogP contribution < -0.4 is 0 Å². The van der Waals surface area contributed by atoms with Crippen molar-refractivity contribution in [3.8, 4) is 0 Å². The van der Waals surface area contributed by atoms with Crippen molar-refractivity contribution in [3.05, 3.63) is 59.9 Å². The van der Waals surface area contributed by atoms with E-state index in [2.05, 4.69) is 25.9 Å². The van der Waals surface area contributed by atoms with Crippen molar-refractivity contribution in [3.63, 3.8) is 0 Å². The molecule has 0 fully saturated rings. The number of benzene rings is 1. The fourth-order valence-corrected chi connectivity index (χ4v) is 2.51. The maximum absolute atomic E-state index is 6.10. The van der Waals surface area contributed by atoms with E-state index in [4.69, 9.17) is 4.74 Å². The van der Waals surface area contributed by atoms with Crippen LogP contribution in [0.1, 0.15) is 18.1 Å². The molecule has 0 spiro atoms. The zero-order valence-electron chi connectivity index (χ0n) is 10.5. The molecule has 1 atom stereocenters. The summed E-state index contributed by atoms with van der Waals surface area (Å²) in [6.07, 6.45) is 3.58. The molecule has 19 heavy (non-hydrogen) atoms. The summed E-state index contributed by atoms with van der Waals surface area (Å²) in [5, 5.41) is 0.685. The molecule has 0 amide bonds. The van der Waals surface area contributed by atoms with Gasteiger partial charge in [-0.1, -0.05) is 34.1 Å². The lowest BCUT2D eigenvalue weighted by Gasteiger charge is -2.33. The standard InChI is InChI=1S/C15H13BrN2O/c1-15(10-16)12-9-17-8-7-13(12)18-14(19-15)11-5-3-2-4-6-11/h2-9H,10H2,1H3/t15-/m0/s1. The quantitative estimate of drug-likeness (QED) is 0.790. The zero-order valence-corrected chi connectivity index (χ0v) is 12.1. The summed E-state index contributed by atoms with van der Waals surface area (Å²) in [6.45, 7) is 2.04. The Morgan fingerprint density at radius 3 is 2.74 bits per heavy atom. The first-order valence-corrected chi connectivity index (χ1v) is 7.19. The predicted molar refractivity (Wildman–Crippen MR) is 79.1 cm³/mol. The molecule has 2 heterocycles. The smallest absolute Gasteiger partial charge is 0.222 e. The molecule has 0 unspecified atom stereocenters. The van der Waals surface area contributed by atoms with Gasteiger partial charge in [-0.2, -0.15) is 0 Å². The van der Waals surface area contributed by atoms with Crippen molar-refractivity contribution in [2.45, 2.75) is 12.5 Å². The third kappa shape index (κ3) is 2.16. The summed E-state index contributed by atoms with van der Waals surface area (Å²) < 4.78 is 6.10. The molecule has 3 nitrogen and oxygen atoms in total. The van der Waals surface area contributed by atoms with Gasteiger partial charge in [-0.05, 0) is 25.1 Å². The molecular weight excluding hydrogens is 304 g/mol. The van der Waals surface area contributed by atoms with Crippen molar-refractivity contribution < 1.29 is 4.74 Å². The highest BCUT2D eigenvalue weighted by Crippen LogP contribution is 2.38. The van der Waals surface area contributed by atoms with E-state index in [1.807, 2.05) is 49.5 Å². The number of hydrogen-bond acceptors (Lipinski definition) is 3. The minimum absolute atomic E-state index is 0.448. The van der Waals surface area contributed by atoms with Gasteiger partial charge in [0.2, 0.25) is 5.90 Å². The second-order valence-corrected chi connectivity index (χ2v) is 5.20. The average Bonchev–Trinajstić information content (AvgIpc) is 2.48. The molecule has 0 bridgehead atoms. The minimum atomic E-state index is -0.448. The number of pyridine rings is 1. The van der Waals surface area contributed by atoms with Gasteiger partial charge >= 0.3 is 0 Å². The van der Waals surface area contributed by atoms with Crippen molar-refractivity contribution in [1.29, 1.82) is 0 Å². The highest BCUT2D eigenvalue weighted by Gasteiger charge is 2.35. The van der Waals surface area contributed by atoms with Crippen LogP contribution in [0.15, 0.2) is 53.8 Å². The zero-order chi connectivity index (χ0) is 13.3. The van der Waals surface area contributed by atoms with Gasteiger partial charge in [0.1, 0.15) is 5.60 Å². The van der Waals surface area contributed by atoms with E-state index in [0.29, 0.717) is 11.2 Å². The molecule has 1 aliphatic heterocycles. The number of ether oxygens (including phenoxy) is 1. The monoisotopic (exact) mass is 316 g/mol. The highest BCUT2D eigenvalue weighted by molar-refractivity contribution is 9.09. The minimum Gasteiger partial charge on any atom is -0.465 e. The first-order valence-electron chi connectivity index (χ1n) is 6.06. The Kier molecular flexibility index (Phi) is 3.11. The normalized spacial score (nSPS) is 21.3. The van der Waals surface area contributed by atoms with Crippen LogP contribution in [-0.2, 0) is 10.3 Å². The molecule has 0 saturated heterocycles. The summed E-state index contributed by atoms with van der Waals surface area (Å²) in [6, 6.07) is 11.9. The first-order chi connectivity index (χ1) is 9.23. The van der Waals surface area contributed by atoms with Crippen LogP contribution in [0.5, 0.6) is 0 Å². The Labute approximate surface area is 120 Å². The van der Waals surface area contributed by atoms with E-state index >= 15 is 0 Å². The molecule has 0 N–H and O–H groups in total. The van der Waals surface area contributed by atoms with Crippen LogP contribution in [0.2, 0.25) is 0 Å². The number of fused-ring (bicyclic) bond motifs is 1. The maximum atomic E-state index is 6.10. The fraction of sp³-hybridized carbons (Fsp3) is 0.200. The van der Waals surface area contributed by atoms with Crippen molar-refractivity contribution in [2.24, 2.45) is 4.99 Å². The molecule has 3 rings (SSSR count). The summed E-state index contributed by atoms with van der Waals surface area (Å²) in [7, 11) is 0. The van der Waals surface area contributed by atoms with Crippen molar-refractivity contribution in [1.82, 2.24) is 4.98 Å². The maximum Gasteiger partial charge on any atom is 0.222 e. The highest BCUT2D eigenvalue weighted by atomic mass is 79.9. The molecule has 96 valence electrons. The Morgan fingerprint density at radius 2 is 2.00 bits per heavy atom. The molecule has 1 aromatic heterocycles. The van der Waals surface area contributed by atoms with Crippen LogP contribution in [0.25, 0.3) is 0 Å². The van der Waals surface area contributed by atoms with E-state index in [-0.39, 0.29) is 0 Å². The van der Waals surface area contributed by atoms with Gasteiger partial charge in [-0.15, -0.1) is 0 Å². The lowest BCUT2D eigenvalue weighted by atomic mass is 9.96. The fourth-order valence-electron chi connectivity index (χ4n) is 2.10. The number of halogens is 1. The van der Waals surface area contributed by atoms with Crippen LogP contribution >= 0.6 is 15.9 Å². The molecule has 0 saturated carbocycles. The van der Waals surface area contributed by atoms with Crippen molar-refractivity contribution in [2.75, 3.05) is 5.33 Å². The molecule has 2 aromatic rings. The number of rotatable bonds is 2. The molecule has 0 radical (unpaired) electrons. The van der Waals surface area contributed by atoms with Crippen LogP contribution in [-0.4, -0.2) is 16.2 Å². The number of aromatic nitrogens is 1. The molecule has 1 aliphatic rings.